The molecule has 1 heterocycles. The molecule has 162 valence electrons. The molecule has 0 fully saturated rings. The van der Waals surface area contributed by atoms with Crippen molar-refractivity contribution in [3.05, 3.63) is 70.8 Å². The maximum Gasteiger partial charge on any atom is 0.337 e. The number of primary amides is 1. The van der Waals surface area contributed by atoms with Crippen molar-refractivity contribution in [1.29, 1.82) is 0 Å². The molecule has 0 radical (unpaired) electrons. The highest BCUT2D eigenvalue weighted by Gasteiger charge is 2.24. The zero-order valence-electron chi connectivity index (χ0n) is 17.0. The standard InChI is InChI=1S/C22H20F2N2O4S/c1-22(2,29)12-8-15(23)18(16(24)9-12)17-10-14(19(25)27)20(31-17)26-13-6-4-11(5-7-13)21(28)30-3/h4-10,26,29H,1-3H3,(H2,25,27). The molecule has 2 aromatic carbocycles. The molecule has 0 saturated heterocycles. The number of carbonyl (C=O) groups is 2. The van der Waals surface area contributed by atoms with Gasteiger partial charge in [0.2, 0.25) is 0 Å². The number of thiophene rings is 1. The van der Waals surface area contributed by atoms with E-state index >= 15 is 0 Å². The number of methoxy groups -OCH3 is 1. The molecular weight excluding hydrogens is 426 g/mol. The summed E-state index contributed by atoms with van der Waals surface area (Å²) in [6.45, 7) is 2.84. The van der Waals surface area contributed by atoms with E-state index in [2.05, 4.69) is 10.1 Å². The molecule has 0 aliphatic heterocycles. The zero-order chi connectivity index (χ0) is 22.9. The first kappa shape index (κ1) is 22.4. The molecule has 0 spiro atoms. The number of carbonyl (C=O) groups excluding carboxylic acids is 2. The van der Waals surface area contributed by atoms with Crippen LogP contribution in [-0.2, 0) is 10.3 Å². The average Bonchev–Trinajstić information content (AvgIpc) is 3.10. The third kappa shape index (κ3) is 4.73. The van der Waals surface area contributed by atoms with E-state index in [9.17, 15) is 23.5 Å². The number of amides is 1. The van der Waals surface area contributed by atoms with Gasteiger partial charge in [0.15, 0.2) is 0 Å². The van der Waals surface area contributed by atoms with E-state index in [1.165, 1.54) is 39.2 Å². The summed E-state index contributed by atoms with van der Waals surface area (Å²) < 4.78 is 34.1. The van der Waals surface area contributed by atoms with Crippen LogP contribution in [0.5, 0.6) is 0 Å². The molecule has 3 aromatic rings. The highest BCUT2D eigenvalue weighted by Crippen LogP contribution is 2.40. The first-order valence-corrected chi connectivity index (χ1v) is 9.94. The van der Waals surface area contributed by atoms with Gasteiger partial charge in [-0.2, -0.15) is 0 Å². The first-order valence-electron chi connectivity index (χ1n) is 9.12. The van der Waals surface area contributed by atoms with Crippen LogP contribution in [0.2, 0.25) is 0 Å². The summed E-state index contributed by atoms with van der Waals surface area (Å²) in [6.07, 6.45) is 0. The van der Waals surface area contributed by atoms with Crippen molar-refractivity contribution in [3.63, 3.8) is 0 Å². The molecule has 0 aliphatic carbocycles. The fourth-order valence-electron chi connectivity index (χ4n) is 2.89. The van der Waals surface area contributed by atoms with Gasteiger partial charge < -0.3 is 20.9 Å². The van der Waals surface area contributed by atoms with Crippen LogP contribution >= 0.6 is 11.3 Å². The molecule has 31 heavy (non-hydrogen) atoms. The Balaban J connectivity index is 2.00. The predicted octanol–water partition coefficient (Wildman–Crippen LogP) is 4.55. The predicted molar refractivity (Wildman–Crippen MR) is 114 cm³/mol. The molecule has 0 saturated carbocycles. The second-order valence-corrected chi connectivity index (χ2v) is 8.34. The molecule has 0 bridgehead atoms. The van der Waals surface area contributed by atoms with Crippen LogP contribution in [0.15, 0.2) is 42.5 Å². The Labute approximate surface area is 181 Å². The Morgan fingerprint density at radius 2 is 1.68 bits per heavy atom. The van der Waals surface area contributed by atoms with Crippen molar-refractivity contribution in [2.45, 2.75) is 19.4 Å². The molecule has 1 aromatic heterocycles. The molecule has 0 atom stereocenters. The van der Waals surface area contributed by atoms with E-state index in [1.807, 2.05) is 0 Å². The maximum absolute atomic E-state index is 14.7. The SMILES string of the molecule is COC(=O)c1ccc(Nc2sc(-c3c(F)cc(C(C)(C)O)cc3F)cc2C(N)=O)cc1. The molecule has 1 amide bonds. The van der Waals surface area contributed by atoms with Crippen LogP contribution in [0.25, 0.3) is 10.4 Å². The van der Waals surface area contributed by atoms with Gasteiger partial charge in [-0.05, 0) is 61.9 Å². The largest absolute Gasteiger partial charge is 0.465 e. The third-order valence-electron chi connectivity index (χ3n) is 4.56. The van der Waals surface area contributed by atoms with E-state index < -0.39 is 29.1 Å². The van der Waals surface area contributed by atoms with Gasteiger partial charge in [-0.1, -0.05) is 0 Å². The van der Waals surface area contributed by atoms with Crippen molar-refractivity contribution in [1.82, 2.24) is 0 Å². The van der Waals surface area contributed by atoms with Gasteiger partial charge in [0, 0.05) is 10.6 Å². The number of nitrogens with two attached hydrogens (primary N) is 1. The fraction of sp³-hybridized carbons (Fsp3) is 0.182. The number of anilines is 2. The summed E-state index contributed by atoms with van der Waals surface area (Å²) in [6, 6.07) is 9.67. The van der Waals surface area contributed by atoms with Crippen LogP contribution in [-0.4, -0.2) is 24.1 Å². The number of nitrogens with one attached hydrogen (secondary N) is 1. The Morgan fingerprint density at radius 3 is 2.16 bits per heavy atom. The minimum absolute atomic E-state index is 0.0578. The van der Waals surface area contributed by atoms with Crippen LogP contribution < -0.4 is 11.1 Å². The first-order chi connectivity index (χ1) is 14.5. The zero-order valence-corrected chi connectivity index (χ0v) is 17.8. The Morgan fingerprint density at radius 1 is 1.10 bits per heavy atom. The van der Waals surface area contributed by atoms with Gasteiger partial charge in [0.25, 0.3) is 5.91 Å². The summed E-state index contributed by atoms with van der Waals surface area (Å²) in [5.74, 6) is -3.01. The molecule has 6 nitrogen and oxygen atoms in total. The van der Waals surface area contributed by atoms with Crippen LogP contribution in [0.1, 0.15) is 40.1 Å². The minimum Gasteiger partial charge on any atom is -0.465 e. The fourth-order valence-corrected chi connectivity index (χ4v) is 4.02. The number of hydrogen-bond acceptors (Lipinski definition) is 6. The number of hydrogen-bond donors (Lipinski definition) is 3. The Hall–Kier alpha value is -3.30. The summed E-state index contributed by atoms with van der Waals surface area (Å²) >= 11 is 0.946. The molecule has 3 rings (SSSR count). The monoisotopic (exact) mass is 446 g/mol. The van der Waals surface area contributed by atoms with Crippen molar-refractivity contribution in [2.75, 3.05) is 12.4 Å². The number of halogens is 2. The van der Waals surface area contributed by atoms with Crippen molar-refractivity contribution < 1.29 is 28.2 Å². The van der Waals surface area contributed by atoms with Crippen molar-refractivity contribution in [2.24, 2.45) is 5.73 Å². The van der Waals surface area contributed by atoms with Gasteiger partial charge in [-0.3, -0.25) is 4.79 Å². The van der Waals surface area contributed by atoms with Gasteiger partial charge >= 0.3 is 5.97 Å². The van der Waals surface area contributed by atoms with E-state index in [4.69, 9.17) is 5.73 Å². The summed E-state index contributed by atoms with van der Waals surface area (Å²) in [5.41, 5.74) is 4.71. The smallest absolute Gasteiger partial charge is 0.337 e. The van der Waals surface area contributed by atoms with Crippen LogP contribution in [0.4, 0.5) is 19.5 Å². The normalized spacial score (nSPS) is 11.3. The number of ether oxygens (including phenoxy) is 1. The lowest BCUT2D eigenvalue weighted by molar-refractivity contribution is 0.0600. The number of esters is 1. The quantitative estimate of drug-likeness (QED) is 0.482. The molecule has 0 unspecified atom stereocenters. The second kappa shape index (κ2) is 8.44. The number of aliphatic hydroxyl groups is 1. The Bertz CT molecular complexity index is 1130. The topological polar surface area (TPSA) is 102 Å². The van der Waals surface area contributed by atoms with Gasteiger partial charge in [0.05, 0.1) is 29.4 Å². The molecule has 0 aliphatic rings. The van der Waals surface area contributed by atoms with E-state index in [0.29, 0.717) is 16.3 Å². The van der Waals surface area contributed by atoms with Gasteiger partial charge in [-0.25, -0.2) is 13.6 Å². The number of benzene rings is 2. The third-order valence-corrected chi connectivity index (χ3v) is 5.62. The summed E-state index contributed by atoms with van der Waals surface area (Å²) in [4.78, 5) is 23.6. The highest BCUT2D eigenvalue weighted by atomic mass is 32.1. The summed E-state index contributed by atoms with van der Waals surface area (Å²) in [7, 11) is 1.27. The van der Waals surface area contributed by atoms with E-state index in [-0.39, 0.29) is 21.6 Å². The van der Waals surface area contributed by atoms with E-state index in [1.54, 1.807) is 12.1 Å². The summed E-state index contributed by atoms with van der Waals surface area (Å²) in [5, 5.41) is 13.3. The van der Waals surface area contributed by atoms with Crippen molar-refractivity contribution >= 4 is 33.9 Å². The Kier molecular flexibility index (Phi) is 6.10. The lowest BCUT2D eigenvalue weighted by Gasteiger charge is -2.18. The minimum atomic E-state index is -1.42. The average molecular weight is 446 g/mol. The molecule has 9 heteroatoms. The van der Waals surface area contributed by atoms with Crippen molar-refractivity contribution in [3.8, 4) is 10.4 Å². The number of rotatable bonds is 6. The lowest BCUT2D eigenvalue weighted by Crippen LogP contribution is -2.16. The van der Waals surface area contributed by atoms with Gasteiger partial charge in [-0.15, -0.1) is 11.3 Å². The lowest BCUT2D eigenvalue weighted by atomic mass is 9.96. The van der Waals surface area contributed by atoms with Crippen LogP contribution in [0, 0.1) is 11.6 Å². The second-order valence-electron chi connectivity index (χ2n) is 7.29. The molecule has 4 N–H and O–H groups in total. The van der Waals surface area contributed by atoms with Gasteiger partial charge in [0.1, 0.15) is 16.6 Å². The van der Waals surface area contributed by atoms with E-state index in [0.717, 1.165) is 23.5 Å². The highest BCUT2D eigenvalue weighted by molar-refractivity contribution is 7.20. The molecular formula is C22H20F2N2O4S. The maximum atomic E-state index is 14.7. The van der Waals surface area contributed by atoms with Crippen LogP contribution in [0.3, 0.4) is 0 Å².